The van der Waals surface area contributed by atoms with Gasteiger partial charge in [-0.25, -0.2) is 9.37 Å². The third kappa shape index (κ3) is 1.57. The largest absolute Gasteiger partial charge is 0.345 e. The Bertz CT molecular complexity index is 451. The molecule has 14 heavy (non-hydrogen) atoms. The molecule has 0 aliphatic heterocycles. The van der Waals surface area contributed by atoms with Crippen molar-refractivity contribution in [3.8, 4) is 11.4 Å². The van der Waals surface area contributed by atoms with Crippen LogP contribution in [0, 0.1) is 12.7 Å². The van der Waals surface area contributed by atoms with Crippen molar-refractivity contribution >= 4 is 15.9 Å². The van der Waals surface area contributed by atoms with Crippen LogP contribution in [-0.2, 0) is 0 Å². The summed E-state index contributed by atoms with van der Waals surface area (Å²) in [4.78, 5) is 6.87. The molecule has 1 aromatic carbocycles. The van der Waals surface area contributed by atoms with Crippen LogP contribution in [0.3, 0.4) is 0 Å². The van der Waals surface area contributed by atoms with E-state index in [1.807, 2.05) is 6.92 Å². The zero-order chi connectivity index (χ0) is 10.1. The molecule has 0 saturated heterocycles. The Morgan fingerprint density at radius 1 is 1.43 bits per heavy atom. The highest BCUT2D eigenvalue weighted by molar-refractivity contribution is 9.10. The second-order valence-corrected chi connectivity index (χ2v) is 3.87. The molecule has 1 aromatic heterocycles. The maximum atomic E-state index is 13.5. The SMILES string of the molecule is Cc1cc(F)c(-c2ncc[nH]2)cc1Br. The molecule has 2 nitrogen and oxygen atoms in total. The van der Waals surface area contributed by atoms with Crippen LogP contribution >= 0.6 is 15.9 Å². The summed E-state index contributed by atoms with van der Waals surface area (Å²) >= 11 is 3.36. The van der Waals surface area contributed by atoms with Crippen LogP contribution in [0.4, 0.5) is 4.39 Å². The van der Waals surface area contributed by atoms with E-state index < -0.39 is 0 Å². The van der Waals surface area contributed by atoms with Gasteiger partial charge in [0.2, 0.25) is 0 Å². The van der Waals surface area contributed by atoms with Crippen molar-refractivity contribution in [2.75, 3.05) is 0 Å². The molecule has 0 radical (unpaired) electrons. The van der Waals surface area contributed by atoms with Gasteiger partial charge < -0.3 is 4.98 Å². The fraction of sp³-hybridized carbons (Fsp3) is 0.100. The van der Waals surface area contributed by atoms with Crippen LogP contribution in [0.5, 0.6) is 0 Å². The number of nitrogens with one attached hydrogen (secondary N) is 1. The summed E-state index contributed by atoms with van der Waals surface area (Å²) in [6, 6.07) is 3.21. The molecule has 0 bridgehead atoms. The highest BCUT2D eigenvalue weighted by Gasteiger charge is 2.09. The van der Waals surface area contributed by atoms with Crippen LogP contribution in [0.2, 0.25) is 0 Å². The molecule has 1 heterocycles. The summed E-state index contributed by atoms with van der Waals surface area (Å²) in [6.07, 6.45) is 3.27. The first kappa shape index (κ1) is 9.40. The second-order valence-electron chi connectivity index (χ2n) is 3.02. The summed E-state index contributed by atoms with van der Waals surface area (Å²) in [5, 5.41) is 0. The molecule has 1 N–H and O–H groups in total. The summed E-state index contributed by atoms with van der Waals surface area (Å²) in [5.74, 6) is 0.281. The van der Waals surface area contributed by atoms with Gasteiger partial charge in [-0.2, -0.15) is 0 Å². The third-order valence-corrected chi connectivity index (χ3v) is 2.86. The topological polar surface area (TPSA) is 28.7 Å². The number of hydrogen-bond donors (Lipinski definition) is 1. The van der Waals surface area contributed by atoms with Crippen LogP contribution in [0.15, 0.2) is 29.0 Å². The van der Waals surface area contributed by atoms with Gasteiger partial charge >= 0.3 is 0 Å². The van der Waals surface area contributed by atoms with Crippen molar-refractivity contribution in [3.63, 3.8) is 0 Å². The Kier molecular flexibility index (Phi) is 2.37. The van der Waals surface area contributed by atoms with E-state index in [4.69, 9.17) is 0 Å². The van der Waals surface area contributed by atoms with Crippen LogP contribution in [0.25, 0.3) is 11.4 Å². The fourth-order valence-corrected chi connectivity index (χ4v) is 1.58. The number of aromatic nitrogens is 2. The number of hydrogen-bond acceptors (Lipinski definition) is 1. The minimum atomic E-state index is -0.263. The molecule has 0 saturated carbocycles. The molecule has 4 heteroatoms. The summed E-state index contributed by atoms with van der Waals surface area (Å²) in [7, 11) is 0. The van der Waals surface area contributed by atoms with Crippen molar-refractivity contribution in [1.29, 1.82) is 0 Å². The number of benzene rings is 1. The fourth-order valence-electron chi connectivity index (χ4n) is 1.24. The van der Waals surface area contributed by atoms with E-state index in [-0.39, 0.29) is 5.82 Å². The molecule has 0 amide bonds. The van der Waals surface area contributed by atoms with E-state index in [1.165, 1.54) is 6.07 Å². The van der Waals surface area contributed by atoms with E-state index >= 15 is 0 Å². The predicted octanol–water partition coefficient (Wildman–Crippen LogP) is 3.29. The monoisotopic (exact) mass is 254 g/mol. The van der Waals surface area contributed by atoms with Gasteiger partial charge in [-0.3, -0.25) is 0 Å². The number of rotatable bonds is 1. The van der Waals surface area contributed by atoms with Crippen molar-refractivity contribution in [2.24, 2.45) is 0 Å². The molecule has 0 aliphatic carbocycles. The van der Waals surface area contributed by atoms with Gasteiger partial charge in [0.15, 0.2) is 0 Å². The molecule has 2 aromatic rings. The minimum absolute atomic E-state index is 0.263. The van der Waals surface area contributed by atoms with E-state index in [0.717, 1.165) is 10.0 Å². The average molecular weight is 255 g/mol. The van der Waals surface area contributed by atoms with E-state index in [1.54, 1.807) is 18.5 Å². The molecule has 0 unspecified atom stereocenters. The number of H-pyrrole nitrogens is 1. The molecule has 0 fully saturated rings. The Morgan fingerprint density at radius 3 is 2.86 bits per heavy atom. The lowest BCUT2D eigenvalue weighted by Crippen LogP contribution is -1.88. The van der Waals surface area contributed by atoms with E-state index in [2.05, 4.69) is 25.9 Å². The third-order valence-electron chi connectivity index (χ3n) is 2.00. The van der Waals surface area contributed by atoms with Crippen molar-refractivity contribution in [1.82, 2.24) is 9.97 Å². The van der Waals surface area contributed by atoms with Crippen molar-refractivity contribution in [2.45, 2.75) is 6.92 Å². The number of aromatic amines is 1. The number of aryl methyl sites for hydroxylation is 1. The lowest BCUT2D eigenvalue weighted by atomic mass is 10.1. The number of nitrogens with zero attached hydrogens (tertiary/aromatic N) is 1. The average Bonchev–Trinajstić information content (AvgIpc) is 2.64. The molecule has 2 rings (SSSR count). The Balaban J connectivity index is 2.60. The van der Waals surface area contributed by atoms with Gasteiger partial charge in [-0.05, 0) is 24.6 Å². The first-order valence-electron chi connectivity index (χ1n) is 4.14. The lowest BCUT2D eigenvalue weighted by molar-refractivity contribution is 0.628. The maximum absolute atomic E-state index is 13.5. The molecular formula is C10H8BrFN2. The second kappa shape index (κ2) is 3.53. The number of imidazole rings is 1. The standard InChI is InChI=1S/C10H8BrFN2/c1-6-4-9(12)7(5-8(6)11)10-13-2-3-14-10/h2-5H,1H3,(H,13,14). The molecule has 0 spiro atoms. The van der Waals surface area contributed by atoms with Crippen LogP contribution < -0.4 is 0 Å². The van der Waals surface area contributed by atoms with Gasteiger partial charge in [0, 0.05) is 16.9 Å². The zero-order valence-corrected chi connectivity index (χ0v) is 9.10. The van der Waals surface area contributed by atoms with Crippen molar-refractivity contribution in [3.05, 3.63) is 40.4 Å². The van der Waals surface area contributed by atoms with Crippen molar-refractivity contribution < 1.29 is 4.39 Å². The predicted molar refractivity (Wildman–Crippen MR) is 56.4 cm³/mol. The minimum Gasteiger partial charge on any atom is -0.345 e. The zero-order valence-electron chi connectivity index (χ0n) is 7.51. The number of halogens is 2. The smallest absolute Gasteiger partial charge is 0.140 e. The van der Waals surface area contributed by atoms with E-state index in [9.17, 15) is 4.39 Å². The van der Waals surface area contributed by atoms with Gasteiger partial charge in [0.1, 0.15) is 11.6 Å². The Hall–Kier alpha value is -1.16. The normalized spacial score (nSPS) is 10.5. The first-order valence-corrected chi connectivity index (χ1v) is 4.93. The van der Waals surface area contributed by atoms with Gasteiger partial charge in [0.25, 0.3) is 0 Å². The van der Waals surface area contributed by atoms with Crippen LogP contribution in [0.1, 0.15) is 5.56 Å². The summed E-state index contributed by atoms with van der Waals surface area (Å²) in [5.41, 5.74) is 1.35. The highest BCUT2D eigenvalue weighted by Crippen LogP contribution is 2.26. The lowest BCUT2D eigenvalue weighted by Gasteiger charge is -2.03. The van der Waals surface area contributed by atoms with Gasteiger partial charge in [0.05, 0.1) is 5.56 Å². The molecule has 0 aliphatic rings. The highest BCUT2D eigenvalue weighted by atomic mass is 79.9. The summed E-state index contributed by atoms with van der Waals surface area (Å²) < 4.78 is 14.4. The molecule has 0 atom stereocenters. The molecular weight excluding hydrogens is 247 g/mol. The van der Waals surface area contributed by atoms with Gasteiger partial charge in [-0.1, -0.05) is 15.9 Å². The first-order chi connectivity index (χ1) is 6.68. The molecule has 72 valence electrons. The Morgan fingerprint density at radius 2 is 2.21 bits per heavy atom. The van der Waals surface area contributed by atoms with Crippen LogP contribution in [-0.4, -0.2) is 9.97 Å². The van der Waals surface area contributed by atoms with E-state index in [0.29, 0.717) is 11.4 Å². The maximum Gasteiger partial charge on any atom is 0.140 e. The Labute approximate surface area is 89.3 Å². The quantitative estimate of drug-likeness (QED) is 0.832. The summed E-state index contributed by atoms with van der Waals surface area (Å²) in [6.45, 7) is 1.85. The van der Waals surface area contributed by atoms with Gasteiger partial charge in [-0.15, -0.1) is 0 Å².